The third kappa shape index (κ3) is 3.85. The fourth-order valence-corrected chi connectivity index (χ4v) is 2.33. The van der Waals surface area contributed by atoms with E-state index in [0.29, 0.717) is 4.47 Å². The van der Waals surface area contributed by atoms with Crippen LogP contribution in [0.5, 0.6) is 5.88 Å². The van der Waals surface area contributed by atoms with Crippen molar-refractivity contribution in [3.63, 3.8) is 0 Å². The van der Waals surface area contributed by atoms with Crippen molar-refractivity contribution in [2.45, 2.75) is 6.18 Å². The standard InChI is InChI=1S/C12H8Br2F3N3O/c1-21-10-9(14)5-18-11(20-10)19-6-2-3-8(13)7(4-6)12(15,16)17/h2-5H,1H3,(H,18,19,20). The van der Waals surface area contributed by atoms with Crippen LogP contribution >= 0.6 is 31.9 Å². The summed E-state index contributed by atoms with van der Waals surface area (Å²) in [5, 5.41) is 2.70. The maximum Gasteiger partial charge on any atom is 0.417 e. The molecule has 0 atom stereocenters. The predicted octanol–water partition coefficient (Wildman–Crippen LogP) is 4.77. The number of aromatic nitrogens is 2. The first-order chi connectivity index (χ1) is 9.81. The Labute approximate surface area is 135 Å². The van der Waals surface area contributed by atoms with Crippen LogP contribution in [0, 0.1) is 0 Å². The van der Waals surface area contributed by atoms with Gasteiger partial charge in [-0.05, 0) is 34.1 Å². The highest BCUT2D eigenvalue weighted by Crippen LogP contribution is 2.36. The number of nitrogens with zero attached hydrogens (tertiary/aromatic N) is 2. The molecule has 2 rings (SSSR count). The van der Waals surface area contributed by atoms with Gasteiger partial charge in [-0.15, -0.1) is 0 Å². The van der Waals surface area contributed by atoms with Crippen molar-refractivity contribution in [3.8, 4) is 5.88 Å². The van der Waals surface area contributed by atoms with Gasteiger partial charge in [-0.3, -0.25) is 0 Å². The van der Waals surface area contributed by atoms with Gasteiger partial charge in [0.2, 0.25) is 11.8 Å². The van der Waals surface area contributed by atoms with Crippen molar-refractivity contribution in [1.82, 2.24) is 9.97 Å². The first kappa shape index (κ1) is 16.0. The van der Waals surface area contributed by atoms with Gasteiger partial charge in [-0.25, -0.2) is 4.98 Å². The van der Waals surface area contributed by atoms with Crippen LogP contribution < -0.4 is 10.1 Å². The van der Waals surface area contributed by atoms with E-state index in [4.69, 9.17) is 4.74 Å². The highest BCUT2D eigenvalue weighted by molar-refractivity contribution is 9.10. The molecule has 1 aromatic carbocycles. The maximum absolute atomic E-state index is 12.8. The van der Waals surface area contributed by atoms with Crippen LogP contribution in [0.2, 0.25) is 0 Å². The monoisotopic (exact) mass is 425 g/mol. The largest absolute Gasteiger partial charge is 0.480 e. The lowest BCUT2D eigenvalue weighted by Gasteiger charge is -2.12. The summed E-state index contributed by atoms with van der Waals surface area (Å²) < 4.78 is 44.0. The van der Waals surface area contributed by atoms with Crippen molar-refractivity contribution in [2.24, 2.45) is 0 Å². The van der Waals surface area contributed by atoms with E-state index in [1.807, 2.05) is 0 Å². The van der Waals surface area contributed by atoms with Crippen molar-refractivity contribution >= 4 is 43.5 Å². The van der Waals surface area contributed by atoms with Gasteiger partial charge in [-0.1, -0.05) is 15.9 Å². The number of halogens is 5. The van der Waals surface area contributed by atoms with Crippen LogP contribution in [0.3, 0.4) is 0 Å². The van der Waals surface area contributed by atoms with Gasteiger partial charge in [0.1, 0.15) is 0 Å². The van der Waals surface area contributed by atoms with E-state index in [0.717, 1.165) is 6.07 Å². The summed E-state index contributed by atoms with van der Waals surface area (Å²) in [5.74, 6) is 0.408. The Morgan fingerprint density at radius 1 is 1.19 bits per heavy atom. The number of ether oxygens (including phenoxy) is 1. The number of benzene rings is 1. The number of nitrogens with one attached hydrogen (secondary N) is 1. The third-order valence-electron chi connectivity index (χ3n) is 2.43. The second-order valence-corrected chi connectivity index (χ2v) is 5.58. The quantitative estimate of drug-likeness (QED) is 0.767. The topological polar surface area (TPSA) is 47.0 Å². The number of hydrogen-bond acceptors (Lipinski definition) is 4. The Kier molecular flexibility index (Phi) is 4.72. The van der Waals surface area contributed by atoms with Gasteiger partial charge in [0, 0.05) is 10.2 Å². The SMILES string of the molecule is COc1nc(Nc2ccc(Br)c(C(F)(F)F)c2)ncc1Br. The highest BCUT2D eigenvalue weighted by atomic mass is 79.9. The zero-order chi connectivity index (χ0) is 15.6. The van der Waals surface area contributed by atoms with Gasteiger partial charge in [-0.2, -0.15) is 18.2 Å². The molecule has 9 heteroatoms. The van der Waals surface area contributed by atoms with Crippen molar-refractivity contribution < 1.29 is 17.9 Å². The van der Waals surface area contributed by atoms with Crippen molar-refractivity contribution in [1.29, 1.82) is 0 Å². The van der Waals surface area contributed by atoms with Gasteiger partial charge in [0.25, 0.3) is 0 Å². The summed E-state index contributed by atoms with van der Waals surface area (Å²) in [5.41, 5.74) is -0.563. The molecule has 0 aliphatic heterocycles. The molecule has 1 aromatic heterocycles. The lowest BCUT2D eigenvalue weighted by atomic mass is 10.2. The van der Waals surface area contributed by atoms with E-state index in [2.05, 4.69) is 47.1 Å². The number of methoxy groups -OCH3 is 1. The fraction of sp³-hybridized carbons (Fsp3) is 0.167. The van der Waals surface area contributed by atoms with Gasteiger partial charge >= 0.3 is 6.18 Å². The number of hydrogen-bond donors (Lipinski definition) is 1. The number of alkyl halides is 3. The molecule has 0 saturated carbocycles. The van der Waals surface area contributed by atoms with Crippen LogP contribution in [0.1, 0.15) is 5.56 Å². The zero-order valence-electron chi connectivity index (χ0n) is 10.5. The lowest BCUT2D eigenvalue weighted by Crippen LogP contribution is -2.07. The average Bonchev–Trinajstić information content (AvgIpc) is 2.42. The first-order valence-electron chi connectivity index (χ1n) is 5.51. The molecule has 0 bridgehead atoms. The average molecular weight is 427 g/mol. The summed E-state index contributed by atoms with van der Waals surface area (Å²) >= 11 is 6.07. The van der Waals surface area contributed by atoms with Crippen molar-refractivity contribution in [3.05, 3.63) is 38.9 Å². The third-order valence-corrected chi connectivity index (χ3v) is 3.67. The minimum atomic E-state index is -4.45. The van der Waals surface area contributed by atoms with Crippen LogP contribution in [-0.2, 0) is 6.18 Å². The summed E-state index contributed by atoms with van der Waals surface area (Å²) in [6, 6.07) is 3.76. The Hall–Kier alpha value is -1.35. The molecule has 21 heavy (non-hydrogen) atoms. The van der Waals surface area contributed by atoms with E-state index < -0.39 is 11.7 Å². The molecule has 0 unspecified atom stereocenters. The molecule has 0 aliphatic carbocycles. The van der Waals surface area contributed by atoms with Crippen LogP contribution in [0.15, 0.2) is 33.3 Å². The summed E-state index contributed by atoms with van der Waals surface area (Å²) in [6.45, 7) is 0. The van der Waals surface area contributed by atoms with Crippen LogP contribution in [0.4, 0.5) is 24.8 Å². The molecule has 0 amide bonds. The lowest BCUT2D eigenvalue weighted by molar-refractivity contribution is -0.138. The molecule has 0 saturated heterocycles. The second-order valence-electron chi connectivity index (χ2n) is 3.87. The van der Waals surface area contributed by atoms with Crippen LogP contribution in [0.25, 0.3) is 0 Å². The molecular formula is C12H8Br2F3N3O. The second kappa shape index (κ2) is 6.18. The van der Waals surface area contributed by atoms with E-state index >= 15 is 0 Å². The minimum absolute atomic E-state index is 0.0325. The molecule has 4 nitrogen and oxygen atoms in total. The molecule has 112 valence electrons. The van der Waals surface area contributed by atoms with Crippen molar-refractivity contribution in [2.75, 3.05) is 12.4 Å². The first-order valence-corrected chi connectivity index (χ1v) is 7.10. The van der Waals surface area contributed by atoms with E-state index in [1.165, 1.54) is 25.4 Å². The van der Waals surface area contributed by atoms with E-state index in [9.17, 15) is 13.2 Å². The molecule has 1 heterocycles. The zero-order valence-corrected chi connectivity index (χ0v) is 13.7. The molecule has 0 aliphatic rings. The Balaban J connectivity index is 2.32. The van der Waals surface area contributed by atoms with Gasteiger partial charge < -0.3 is 10.1 Å². The molecule has 2 aromatic rings. The highest BCUT2D eigenvalue weighted by Gasteiger charge is 2.33. The predicted molar refractivity (Wildman–Crippen MR) is 78.7 cm³/mol. The van der Waals surface area contributed by atoms with Crippen LogP contribution in [-0.4, -0.2) is 17.1 Å². The normalized spacial score (nSPS) is 11.3. The number of anilines is 2. The maximum atomic E-state index is 12.8. The summed E-state index contributed by atoms with van der Waals surface area (Å²) in [6.07, 6.45) is -3.01. The Bertz CT molecular complexity index is 665. The number of rotatable bonds is 3. The molecular weight excluding hydrogens is 419 g/mol. The molecule has 0 radical (unpaired) electrons. The van der Waals surface area contributed by atoms with E-state index in [-0.39, 0.29) is 22.0 Å². The summed E-state index contributed by atoms with van der Waals surface area (Å²) in [4.78, 5) is 7.97. The summed E-state index contributed by atoms with van der Waals surface area (Å²) in [7, 11) is 1.43. The van der Waals surface area contributed by atoms with Gasteiger partial charge in [0.15, 0.2) is 0 Å². The molecule has 1 N–H and O–H groups in total. The Morgan fingerprint density at radius 3 is 2.52 bits per heavy atom. The minimum Gasteiger partial charge on any atom is -0.480 e. The Morgan fingerprint density at radius 2 is 1.90 bits per heavy atom. The fourth-order valence-electron chi connectivity index (χ4n) is 1.50. The molecule has 0 fully saturated rings. The van der Waals surface area contributed by atoms with Gasteiger partial charge in [0.05, 0.1) is 23.3 Å². The molecule has 0 spiro atoms. The smallest absolute Gasteiger partial charge is 0.417 e. The van der Waals surface area contributed by atoms with E-state index in [1.54, 1.807) is 0 Å².